The molecule has 0 saturated carbocycles. The van der Waals surface area contributed by atoms with Crippen molar-refractivity contribution in [2.24, 2.45) is 0 Å². The number of oxazole rings is 1. The number of nitrogens with one attached hydrogen (secondary N) is 2. The second-order valence-electron chi connectivity index (χ2n) is 5.52. The quantitative estimate of drug-likeness (QED) is 0.529. The van der Waals surface area contributed by atoms with E-state index >= 15 is 0 Å². The van der Waals surface area contributed by atoms with Crippen molar-refractivity contribution < 1.29 is 4.42 Å². The van der Waals surface area contributed by atoms with Crippen LogP contribution >= 0.6 is 15.9 Å². The molecule has 0 saturated heterocycles. The average molecular weight is 413 g/mol. The largest absolute Gasteiger partial charge is 0.439 e. The van der Waals surface area contributed by atoms with Crippen LogP contribution in [0.25, 0.3) is 11.1 Å². The molecule has 26 heavy (non-hydrogen) atoms. The molecule has 0 spiro atoms. The van der Waals surface area contributed by atoms with Crippen molar-refractivity contribution in [2.75, 3.05) is 10.7 Å². The molecule has 0 aliphatic rings. The predicted octanol–water partition coefficient (Wildman–Crippen LogP) is 3.47. The molecule has 0 unspecified atom stereocenters. The van der Waals surface area contributed by atoms with Crippen molar-refractivity contribution in [1.29, 1.82) is 0 Å². The molecule has 4 aromatic rings. The molecule has 8 nitrogen and oxygen atoms in total. The molecule has 0 bridgehead atoms. The number of aryl methyl sites for hydroxylation is 1. The van der Waals surface area contributed by atoms with Crippen LogP contribution in [0.3, 0.4) is 0 Å². The first-order chi connectivity index (χ1) is 12.6. The Hall–Kier alpha value is -3.20. The van der Waals surface area contributed by atoms with Crippen molar-refractivity contribution in [3.63, 3.8) is 0 Å². The number of aromatic nitrogens is 4. The number of rotatable bonds is 4. The van der Waals surface area contributed by atoms with E-state index in [2.05, 4.69) is 41.6 Å². The second kappa shape index (κ2) is 6.60. The van der Waals surface area contributed by atoms with E-state index in [0.717, 1.165) is 15.7 Å². The van der Waals surface area contributed by atoms with Gasteiger partial charge in [-0.2, -0.15) is 9.66 Å². The van der Waals surface area contributed by atoms with E-state index in [9.17, 15) is 4.79 Å². The molecule has 0 atom stereocenters. The molecule has 130 valence electrons. The molecule has 0 aliphatic carbocycles. The summed E-state index contributed by atoms with van der Waals surface area (Å²) >= 11 is 3.37. The Labute approximate surface area is 156 Å². The highest BCUT2D eigenvalue weighted by molar-refractivity contribution is 9.10. The van der Waals surface area contributed by atoms with E-state index in [0.29, 0.717) is 22.9 Å². The summed E-state index contributed by atoms with van der Waals surface area (Å²) in [5.74, 6) is 0.341. The summed E-state index contributed by atoms with van der Waals surface area (Å²) in [6, 6.07) is 9.01. The summed E-state index contributed by atoms with van der Waals surface area (Å²) in [6.45, 7) is 1.85. The van der Waals surface area contributed by atoms with Crippen molar-refractivity contribution in [2.45, 2.75) is 6.92 Å². The summed E-state index contributed by atoms with van der Waals surface area (Å²) in [5.41, 5.74) is 5.63. The lowest BCUT2D eigenvalue weighted by Gasteiger charge is -2.11. The molecule has 0 radical (unpaired) electrons. The minimum absolute atomic E-state index is 0.374. The first kappa shape index (κ1) is 16.3. The van der Waals surface area contributed by atoms with Crippen molar-refractivity contribution in [3.05, 3.63) is 69.5 Å². The van der Waals surface area contributed by atoms with Crippen LogP contribution in [0.4, 0.5) is 17.5 Å². The first-order valence-corrected chi connectivity index (χ1v) is 8.48. The van der Waals surface area contributed by atoms with Gasteiger partial charge in [-0.3, -0.25) is 10.4 Å². The molecule has 0 amide bonds. The minimum atomic E-state index is -0.519. The van der Waals surface area contributed by atoms with Crippen LogP contribution in [-0.4, -0.2) is 19.6 Å². The molecular formula is C17H13BrN6O2. The van der Waals surface area contributed by atoms with Gasteiger partial charge in [-0.15, -0.1) is 0 Å². The second-order valence-corrected chi connectivity index (χ2v) is 6.44. The van der Waals surface area contributed by atoms with Gasteiger partial charge < -0.3 is 9.73 Å². The summed E-state index contributed by atoms with van der Waals surface area (Å²) in [6.07, 6.45) is 5.01. The van der Waals surface area contributed by atoms with Crippen LogP contribution in [0, 0.1) is 6.92 Å². The van der Waals surface area contributed by atoms with Crippen LogP contribution in [0.1, 0.15) is 5.56 Å². The Kier molecular flexibility index (Phi) is 4.13. The van der Waals surface area contributed by atoms with Gasteiger partial charge in [-0.05, 0) is 41.1 Å². The molecule has 3 aromatic heterocycles. The number of halogens is 1. The lowest BCUT2D eigenvalue weighted by atomic mass is 10.3. The maximum absolute atomic E-state index is 12.1. The van der Waals surface area contributed by atoms with E-state index in [-0.39, 0.29) is 0 Å². The molecule has 9 heteroatoms. The fourth-order valence-corrected chi connectivity index (χ4v) is 2.77. The Morgan fingerprint density at radius 2 is 2.04 bits per heavy atom. The van der Waals surface area contributed by atoms with Gasteiger partial charge in [0.25, 0.3) is 0 Å². The Bertz CT molecular complexity index is 1150. The van der Waals surface area contributed by atoms with E-state index < -0.39 is 5.76 Å². The first-order valence-electron chi connectivity index (χ1n) is 7.69. The Morgan fingerprint density at radius 1 is 1.19 bits per heavy atom. The zero-order valence-corrected chi connectivity index (χ0v) is 15.2. The Morgan fingerprint density at radius 3 is 2.88 bits per heavy atom. The van der Waals surface area contributed by atoms with E-state index in [4.69, 9.17) is 4.42 Å². The number of fused-ring (bicyclic) bond motifs is 1. The van der Waals surface area contributed by atoms with E-state index in [1.54, 1.807) is 36.8 Å². The van der Waals surface area contributed by atoms with Gasteiger partial charge in [0.2, 0.25) is 5.95 Å². The van der Waals surface area contributed by atoms with Crippen LogP contribution < -0.4 is 16.5 Å². The maximum atomic E-state index is 12.1. The fourth-order valence-electron chi connectivity index (χ4n) is 2.40. The van der Waals surface area contributed by atoms with Crippen LogP contribution in [0.5, 0.6) is 0 Å². The predicted molar refractivity (Wildman–Crippen MR) is 101 cm³/mol. The maximum Gasteiger partial charge on any atom is 0.439 e. The topological polar surface area (TPSA) is 97.9 Å². The lowest BCUT2D eigenvalue weighted by molar-refractivity contribution is 0.532. The molecule has 0 fully saturated rings. The van der Waals surface area contributed by atoms with Gasteiger partial charge in [0.1, 0.15) is 5.52 Å². The smallest absolute Gasteiger partial charge is 0.406 e. The molecule has 1 aromatic carbocycles. The normalized spacial score (nSPS) is 10.8. The van der Waals surface area contributed by atoms with Crippen LogP contribution in [-0.2, 0) is 0 Å². The van der Waals surface area contributed by atoms with Crippen molar-refractivity contribution in [1.82, 2.24) is 19.6 Å². The third kappa shape index (κ3) is 3.16. The SMILES string of the molecule is Cc1cnc(Nc2cncc(Br)c2)nc1Nn1c(=O)oc2ccccc21. The zero-order valence-electron chi connectivity index (χ0n) is 13.6. The van der Waals surface area contributed by atoms with Gasteiger partial charge in [0.05, 0.1) is 11.9 Å². The van der Waals surface area contributed by atoms with E-state index in [1.807, 2.05) is 19.1 Å². The molecule has 0 aliphatic heterocycles. The third-order valence-electron chi connectivity index (χ3n) is 3.64. The average Bonchev–Trinajstić information content (AvgIpc) is 2.93. The summed E-state index contributed by atoms with van der Waals surface area (Å²) in [5, 5.41) is 3.08. The molecule has 2 N–H and O–H groups in total. The lowest BCUT2D eigenvalue weighted by Crippen LogP contribution is -2.23. The number of anilines is 3. The monoisotopic (exact) mass is 412 g/mol. The van der Waals surface area contributed by atoms with Crippen molar-refractivity contribution >= 4 is 44.5 Å². The van der Waals surface area contributed by atoms with Gasteiger partial charge in [-0.25, -0.2) is 9.78 Å². The molecule has 4 rings (SSSR count). The Balaban J connectivity index is 1.68. The van der Waals surface area contributed by atoms with Gasteiger partial charge in [-0.1, -0.05) is 12.1 Å². The highest BCUT2D eigenvalue weighted by Crippen LogP contribution is 2.20. The standard InChI is InChI=1S/C17H13BrN6O2/c1-10-7-20-16(21-12-6-11(18)8-19-9-12)22-15(10)23-24-13-4-2-3-5-14(13)26-17(24)25/h2-9H,1H3,(H2,20,21,22,23). The van der Waals surface area contributed by atoms with Crippen molar-refractivity contribution in [3.8, 4) is 0 Å². The minimum Gasteiger partial charge on any atom is -0.406 e. The van der Waals surface area contributed by atoms with Gasteiger partial charge in [0, 0.05) is 22.4 Å². The fraction of sp³-hybridized carbons (Fsp3) is 0.0588. The number of hydrogen-bond acceptors (Lipinski definition) is 7. The summed E-state index contributed by atoms with van der Waals surface area (Å²) in [4.78, 5) is 24.9. The van der Waals surface area contributed by atoms with Crippen LogP contribution in [0.15, 0.2) is 62.6 Å². The number of pyridine rings is 1. The highest BCUT2D eigenvalue weighted by atomic mass is 79.9. The highest BCUT2D eigenvalue weighted by Gasteiger charge is 2.11. The zero-order chi connectivity index (χ0) is 18.1. The number of hydrogen-bond donors (Lipinski definition) is 2. The number of nitrogens with zero attached hydrogens (tertiary/aromatic N) is 4. The molecule has 3 heterocycles. The number of benzene rings is 1. The van der Waals surface area contributed by atoms with Gasteiger partial charge in [0.15, 0.2) is 11.4 Å². The van der Waals surface area contributed by atoms with Gasteiger partial charge >= 0.3 is 5.76 Å². The third-order valence-corrected chi connectivity index (χ3v) is 4.07. The summed E-state index contributed by atoms with van der Waals surface area (Å²) < 4.78 is 7.37. The number of para-hydroxylation sites is 2. The summed E-state index contributed by atoms with van der Waals surface area (Å²) in [7, 11) is 0. The van der Waals surface area contributed by atoms with E-state index in [1.165, 1.54) is 4.68 Å². The molecular weight excluding hydrogens is 400 g/mol. The van der Waals surface area contributed by atoms with Crippen LogP contribution in [0.2, 0.25) is 0 Å².